The largest absolute Gasteiger partial charge is 0.325 e. The van der Waals surface area contributed by atoms with Crippen LogP contribution in [0.3, 0.4) is 0 Å². The smallest absolute Gasteiger partial charge is 0.0930 e. The van der Waals surface area contributed by atoms with Gasteiger partial charge in [-0.1, -0.05) is 19.9 Å². The zero-order chi connectivity index (χ0) is 10.8. The molecule has 2 N–H and O–H groups in total. The van der Waals surface area contributed by atoms with E-state index in [9.17, 15) is 0 Å². The molecule has 15 heavy (non-hydrogen) atoms. The van der Waals surface area contributed by atoms with Gasteiger partial charge in [-0.3, -0.25) is 0 Å². The number of nitrogens with two attached hydrogens (primary N) is 1. The molecule has 1 heterocycles. The number of aromatic nitrogens is 2. The van der Waals surface area contributed by atoms with Crippen LogP contribution < -0.4 is 5.73 Å². The standard InChI is InChI=1S/C12H15N3/c1-8(2)9-3-4-12-10(5-9)6-11(7-13)14-15-12/h3-6,8H,7,13H2,1-2H3. The summed E-state index contributed by atoms with van der Waals surface area (Å²) in [6.45, 7) is 4.80. The van der Waals surface area contributed by atoms with Crippen LogP contribution in [0.15, 0.2) is 24.3 Å². The minimum atomic E-state index is 0.439. The van der Waals surface area contributed by atoms with Gasteiger partial charge in [0.2, 0.25) is 0 Å². The summed E-state index contributed by atoms with van der Waals surface area (Å²) in [4.78, 5) is 0. The Morgan fingerprint density at radius 3 is 2.67 bits per heavy atom. The Morgan fingerprint density at radius 1 is 1.20 bits per heavy atom. The van der Waals surface area contributed by atoms with Crippen molar-refractivity contribution in [1.82, 2.24) is 10.2 Å². The zero-order valence-electron chi connectivity index (χ0n) is 9.07. The number of hydrogen-bond donors (Lipinski definition) is 1. The molecule has 0 unspecified atom stereocenters. The number of hydrogen-bond acceptors (Lipinski definition) is 3. The van der Waals surface area contributed by atoms with Gasteiger partial charge >= 0.3 is 0 Å². The molecule has 0 spiro atoms. The van der Waals surface area contributed by atoms with Crippen molar-refractivity contribution in [3.63, 3.8) is 0 Å². The van der Waals surface area contributed by atoms with E-state index in [1.807, 2.05) is 12.1 Å². The van der Waals surface area contributed by atoms with Crippen LogP contribution in [0.4, 0.5) is 0 Å². The van der Waals surface area contributed by atoms with E-state index in [2.05, 4.69) is 36.2 Å². The van der Waals surface area contributed by atoms with E-state index in [0.29, 0.717) is 12.5 Å². The highest BCUT2D eigenvalue weighted by Gasteiger charge is 2.02. The van der Waals surface area contributed by atoms with Gasteiger partial charge in [0.25, 0.3) is 0 Å². The third-order valence-corrected chi connectivity index (χ3v) is 2.54. The summed E-state index contributed by atoms with van der Waals surface area (Å²) in [7, 11) is 0. The first-order chi connectivity index (χ1) is 7.20. The second kappa shape index (κ2) is 3.95. The molecule has 1 aromatic heterocycles. The molecule has 0 saturated heterocycles. The highest BCUT2D eigenvalue weighted by Crippen LogP contribution is 2.19. The van der Waals surface area contributed by atoms with Gasteiger partial charge in [0.15, 0.2) is 0 Å². The Morgan fingerprint density at radius 2 is 2.00 bits per heavy atom. The first kappa shape index (κ1) is 10.1. The molecule has 0 radical (unpaired) electrons. The number of nitrogens with zero attached hydrogens (tertiary/aromatic N) is 2. The summed E-state index contributed by atoms with van der Waals surface area (Å²) >= 11 is 0. The van der Waals surface area contributed by atoms with Gasteiger partial charge in [0, 0.05) is 11.9 Å². The van der Waals surface area contributed by atoms with E-state index in [1.165, 1.54) is 5.56 Å². The van der Waals surface area contributed by atoms with Crippen molar-refractivity contribution in [3.8, 4) is 0 Å². The summed E-state index contributed by atoms with van der Waals surface area (Å²) < 4.78 is 0. The maximum Gasteiger partial charge on any atom is 0.0930 e. The molecule has 0 aliphatic heterocycles. The molecule has 3 heteroatoms. The monoisotopic (exact) mass is 201 g/mol. The lowest BCUT2D eigenvalue weighted by molar-refractivity contribution is 0.867. The lowest BCUT2D eigenvalue weighted by atomic mass is 10.0. The maximum absolute atomic E-state index is 5.54. The number of benzene rings is 1. The van der Waals surface area contributed by atoms with Crippen molar-refractivity contribution < 1.29 is 0 Å². The van der Waals surface area contributed by atoms with Crippen LogP contribution in [-0.4, -0.2) is 10.2 Å². The minimum absolute atomic E-state index is 0.439. The van der Waals surface area contributed by atoms with Crippen LogP contribution in [-0.2, 0) is 6.54 Å². The van der Waals surface area contributed by atoms with Crippen molar-refractivity contribution in [3.05, 3.63) is 35.5 Å². The Kier molecular flexibility index (Phi) is 2.64. The van der Waals surface area contributed by atoms with Crippen molar-refractivity contribution >= 4 is 10.9 Å². The molecule has 0 aliphatic carbocycles. The molecule has 0 amide bonds. The lowest BCUT2D eigenvalue weighted by Crippen LogP contribution is -2.01. The molecule has 2 aromatic rings. The molecule has 78 valence electrons. The Bertz CT molecular complexity index is 477. The van der Waals surface area contributed by atoms with Gasteiger partial charge in [-0.05, 0) is 29.7 Å². The van der Waals surface area contributed by atoms with E-state index in [1.54, 1.807) is 0 Å². The van der Waals surface area contributed by atoms with Crippen LogP contribution in [0.5, 0.6) is 0 Å². The van der Waals surface area contributed by atoms with Gasteiger partial charge in [-0.2, -0.15) is 10.2 Å². The predicted octanol–water partition coefficient (Wildman–Crippen LogP) is 2.21. The van der Waals surface area contributed by atoms with Gasteiger partial charge < -0.3 is 5.73 Å². The topological polar surface area (TPSA) is 51.8 Å². The maximum atomic E-state index is 5.54. The fraction of sp³-hybridized carbons (Fsp3) is 0.333. The van der Waals surface area contributed by atoms with Gasteiger partial charge in [-0.25, -0.2) is 0 Å². The third-order valence-electron chi connectivity index (χ3n) is 2.54. The van der Waals surface area contributed by atoms with Gasteiger partial charge in [0.05, 0.1) is 11.2 Å². The Labute approximate surface area is 89.3 Å². The molecule has 0 atom stereocenters. The predicted molar refractivity (Wildman–Crippen MR) is 61.5 cm³/mol. The summed E-state index contributed by atoms with van der Waals surface area (Å²) in [5.41, 5.74) is 8.62. The van der Waals surface area contributed by atoms with Crippen molar-refractivity contribution in [2.24, 2.45) is 5.73 Å². The van der Waals surface area contributed by atoms with Crippen LogP contribution in [0.25, 0.3) is 10.9 Å². The minimum Gasteiger partial charge on any atom is -0.325 e. The fourth-order valence-electron chi connectivity index (χ4n) is 1.56. The lowest BCUT2D eigenvalue weighted by Gasteiger charge is -2.06. The van der Waals surface area contributed by atoms with Crippen LogP contribution in [0, 0.1) is 0 Å². The van der Waals surface area contributed by atoms with E-state index >= 15 is 0 Å². The van der Waals surface area contributed by atoms with Crippen molar-refractivity contribution in [2.45, 2.75) is 26.3 Å². The van der Waals surface area contributed by atoms with Crippen LogP contribution >= 0.6 is 0 Å². The zero-order valence-corrected chi connectivity index (χ0v) is 9.07. The highest BCUT2D eigenvalue weighted by molar-refractivity contribution is 5.79. The summed E-state index contributed by atoms with van der Waals surface area (Å²) in [5, 5.41) is 9.27. The molecule has 0 saturated carbocycles. The van der Waals surface area contributed by atoms with Crippen LogP contribution in [0.1, 0.15) is 31.0 Å². The number of rotatable bonds is 2. The summed E-state index contributed by atoms with van der Waals surface area (Å²) in [6.07, 6.45) is 0. The molecule has 0 aliphatic rings. The molecule has 2 rings (SSSR count). The molecule has 0 bridgehead atoms. The summed E-state index contributed by atoms with van der Waals surface area (Å²) in [5.74, 6) is 0.531. The molecular formula is C12H15N3. The van der Waals surface area contributed by atoms with Crippen LogP contribution in [0.2, 0.25) is 0 Å². The Hall–Kier alpha value is -1.48. The second-order valence-electron chi connectivity index (χ2n) is 4.01. The molecule has 0 fully saturated rings. The molecule has 1 aromatic carbocycles. The number of fused-ring (bicyclic) bond motifs is 1. The van der Waals surface area contributed by atoms with E-state index in [0.717, 1.165) is 16.6 Å². The van der Waals surface area contributed by atoms with E-state index < -0.39 is 0 Å². The SMILES string of the molecule is CC(C)c1ccc2nnc(CN)cc2c1. The first-order valence-corrected chi connectivity index (χ1v) is 5.17. The van der Waals surface area contributed by atoms with E-state index in [4.69, 9.17) is 5.73 Å². The highest BCUT2D eigenvalue weighted by atomic mass is 15.1. The first-order valence-electron chi connectivity index (χ1n) is 5.17. The quantitative estimate of drug-likeness (QED) is 0.810. The normalized spacial score (nSPS) is 11.2. The Balaban J connectivity index is 2.57. The van der Waals surface area contributed by atoms with Gasteiger partial charge in [0.1, 0.15) is 0 Å². The second-order valence-corrected chi connectivity index (χ2v) is 4.01. The van der Waals surface area contributed by atoms with Crippen molar-refractivity contribution in [2.75, 3.05) is 0 Å². The summed E-state index contributed by atoms with van der Waals surface area (Å²) in [6, 6.07) is 8.28. The van der Waals surface area contributed by atoms with E-state index in [-0.39, 0.29) is 0 Å². The average Bonchev–Trinajstić information content (AvgIpc) is 2.27. The third kappa shape index (κ3) is 1.97. The average molecular weight is 201 g/mol. The van der Waals surface area contributed by atoms with Crippen molar-refractivity contribution in [1.29, 1.82) is 0 Å². The molecule has 3 nitrogen and oxygen atoms in total. The fourth-order valence-corrected chi connectivity index (χ4v) is 1.56. The molecular weight excluding hydrogens is 186 g/mol. The van der Waals surface area contributed by atoms with Gasteiger partial charge in [-0.15, -0.1) is 0 Å².